The number of benzene rings is 1. The lowest BCUT2D eigenvalue weighted by atomic mass is 10.0. The molecule has 2 aromatic rings. The van der Waals surface area contributed by atoms with E-state index < -0.39 is 37.9 Å². The number of halogens is 5. The second kappa shape index (κ2) is 5.25. The molecule has 0 N–H and O–H groups in total. The SMILES string of the molecule is COC(=O)c1c(-c2ccc(C)cc2)c(S(F)(F)(F)(F)F)cn1C(C)(C)C. The number of hydrogen-bond acceptors (Lipinski definition) is 2. The van der Waals surface area contributed by atoms with Crippen molar-refractivity contribution < 1.29 is 29.0 Å². The van der Waals surface area contributed by atoms with Crippen molar-refractivity contribution in [1.29, 1.82) is 0 Å². The Morgan fingerprint density at radius 3 is 1.92 bits per heavy atom. The Hall–Kier alpha value is -2.03. The fourth-order valence-electron chi connectivity index (χ4n) is 2.60. The molecule has 0 atom stereocenters. The summed E-state index contributed by atoms with van der Waals surface area (Å²) in [5.41, 5.74) is -1.90. The Bertz CT molecular complexity index is 862. The monoisotopic (exact) mass is 397 g/mol. The molecule has 3 nitrogen and oxygen atoms in total. The average molecular weight is 397 g/mol. The molecule has 0 radical (unpaired) electrons. The first kappa shape index (κ1) is 20.3. The molecule has 146 valence electrons. The molecule has 1 aromatic heterocycles. The van der Waals surface area contributed by atoms with Gasteiger partial charge in [-0.3, -0.25) is 0 Å². The number of esters is 1. The summed E-state index contributed by atoms with van der Waals surface area (Å²) in [4.78, 5) is 10.2. The smallest absolute Gasteiger partial charge is 0.355 e. The van der Waals surface area contributed by atoms with Crippen molar-refractivity contribution in [3.63, 3.8) is 0 Å². The lowest BCUT2D eigenvalue weighted by Crippen LogP contribution is -2.25. The van der Waals surface area contributed by atoms with Gasteiger partial charge in [0.2, 0.25) is 0 Å². The van der Waals surface area contributed by atoms with Gasteiger partial charge < -0.3 is 9.30 Å². The van der Waals surface area contributed by atoms with E-state index in [4.69, 9.17) is 0 Å². The summed E-state index contributed by atoms with van der Waals surface area (Å²) in [5.74, 6) is -1.12. The van der Waals surface area contributed by atoms with E-state index in [1.54, 1.807) is 6.92 Å². The van der Waals surface area contributed by atoms with Gasteiger partial charge in [0.05, 0.1) is 7.11 Å². The summed E-state index contributed by atoms with van der Waals surface area (Å²) in [6, 6.07) is 5.52. The Kier molecular flexibility index (Phi) is 4.09. The average Bonchev–Trinajstić information content (AvgIpc) is 2.87. The molecule has 2 rings (SSSR count). The van der Waals surface area contributed by atoms with Gasteiger partial charge in [0.15, 0.2) is 0 Å². The molecule has 0 saturated heterocycles. The molecule has 1 heterocycles. The highest BCUT2D eigenvalue weighted by Crippen LogP contribution is 3.03. The topological polar surface area (TPSA) is 31.2 Å². The lowest BCUT2D eigenvalue weighted by Gasteiger charge is -2.40. The third-order valence-electron chi connectivity index (χ3n) is 3.83. The number of hydrogen-bond donors (Lipinski definition) is 0. The van der Waals surface area contributed by atoms with E-state index in [0.717, 1.165) is 17.2 Å². The van der Waals surface area contributed by atoms with E-state index in [-0.39, 0.29) is 5.56 Å². The second-order valence-electron chi connectivity index (χ2n) is 7.08. The fourth-order valence-corrected chi connectivity index (χ4v) is 3.51. The predicted octanol–water partition coefficient (Wildman–Crippen LogP) is 6.66. The van der Waals surface area contributed by atoms with Crippen molar-refractivity contribution in [3.8, 4) is 11.1 Å². The Morgan fingerprint density at radius 1 is 1.04 bits per heavy atom. The van der Waals surface area contributed by atoms with E-state index in [9.17, 15) is 24.2 Å². The van der Waals surface area contributed by atoms with Crippen molar-refractivity contribution in [2.45, 2.75) is 38.1 Å². The highest BCUT2D eigenvalue weighted by Gasteiger charge is 2.68. The summed E-state index contributed by atoms with van der Waals surface area (Å²) in [6.07, 6.45) is 0.309. The standard InChI is InChI=1S/C17H20F5NO2S/c1-11-6-8-12(9-7-11)14-13(26(18,19,20,21)22)10-23(17(2,3)4)15(14)16(24)25-5/h6-10H,1-5H3. The zero-order valence-corrected chi connectivity index (χ0v) is 15.8. The Morgan fingerprint density at radius 2 is 1.54 bits per heavy atom. The van der Waals surface area contributed by atoms with Gasteiger partial charge in [0.25, 0.3) is 0 Å². The molecule has 0 aliphatic heterocycles. The largest absolute Gasteiger partial charge is 0.464 e. The van der Waals surface area contributed by atoms with Crippen molar-refractivity contribution in [1.82, 2.24) is 4.57 Å². The van der Waals surface area contributed by atoms with Gasteiger partial charge in [0, 0.05) is 17.3 Å². The van der Waals surface area contributed by atoms with E-state index in [1.807, 2.05) is 0 Å². The highest BCUT2D eigenvalue weighted by atomic mass is 32.5. The Balaban J connectivity index is 3.05. The van der Waals surface area contributed by atoms with Gasteiger partial charge in [-0.25, -0.2) is 4.79 Å². The summed E-state index contributed by atoms with van der Waals surface area (Å²) >= 11 is 0. The zero-order valence-electron chi connectivity index (χ0n) is 14.9. The zero-order chi connectivity index (χ0) is 20.2. The molecule has 0 saturated carbocycles. The van der Waals surface area contributed by atoms with E-state index in [0.29, 0.717) is 6.20 Å². The lowest BCUT2D eigenvalue weighted by molar-refractivity contribution is 0.0582. The first-order valence-corrected chi connectivity index (χ1v) is 9.56. The molecular formula is C17H20F5NO2S. The third-order valence-corrected chi connectivity index (χ3v) is 4.97. The number of carbonyl (C=O) groups excluding carboxylic acids is 1. The molecule has 26 heavy (non-hydrogen) atoms. The van der Waals surface area contributed by atoms with E-state index in [1.165, 1.54) is 45.0 Å². The molecule has 0 amide bonds. The van der Waals surface area contributed by atoms with Gasteiger partial charge >= 0.3 is 16.2 Å². The maximum atomic E-state index is 13.8. The minimum atomic E-state index is -10.1. The molecule has 0 aliphatic carbocycles. The summed E-state index contributed by atoms with van der Waals surface area (Å²) in [5, 5.41) is 0. The van der Waals surface area contributed by atoms with Crippen molar-refractivity contribution in [2.75, 3.05) is 7.11 Å². The van der Waals surface area contributed by atoms with Crippen LogP contribution in [0.25, 0.3) is 11.1 Å². The van der Waals surface area contributed by atoms with Crippen LogP contribution in [0.15, 0.2) is 35.4 Å². The van der Waals surface area contributed by atoms with Crippen molar-refractivity contribution in [3.05, 3.63) is 41.7 Å². The molecule has 9 heteroatoms. The first-order chi connectivity index (χ1) is 11.5. The van der Waals surface area contributed by atoms with Gasteiger partial charge in [-0.05, 0) is 33.3 Å². The number of aryl methyl sites for hydroxylation is 1. The molecule has 0 aliphatic rings. The van der Waals surface area contributed by atoms with Crippen LogP contribution in [-0.4, -0.2) is 17.6 Å². The van der Waals surface area contributed by atoms with Crippen LogP contribution < -0.4 is 0 Å². The number of nitrogens with zero attached hydrogens (tertiary/aromatic N) is 1. The second-order valence-corrected chi connectivity index (χ2v) is 9.46. The molecular weight excluding hydrogens is 377 g/mol. The molecule has 0 unspecified atom stereocenters. The summed E-state index contributed by atoms with van der Waals surface area (Å²) in [7, 11) is -9.09. The van der Waals surface area contributed by atoms with E-state index >= 15 is 0 Å². The van der Waals surface area contributed by atoms with Gasteiger partial charge in [-0.15, -0.1) is 0 Å². The number of ether oxygens (including phenoxy) is 1. The van der Waals surface area contributed by atoms with Crippen molar-refractivity contribution in [2.24, 2.45) is 0 Å². The maximum absolute atomic E-state index is 13.8. The van der Waals surface area contributed by atoms with Crippen LogP contribution in [-0.2, 0) is 10.3 Å². The number of aromatic nitrogens is 1. The molecule has 0 bridgehead atoms. The van der Waals surface area contributed by atoms with E-state index in [2.05, 4.69) is 4.74 Å². The Labute approximate surface area is 148 Å². The molecule has 0 spiro atoms. The van der Waals surface area contributed by atoms with Crippen LogP contribution in [0.1, 0.15) is 36.8 Å². The number of methoxy groups -OCH3 is 1. The van der Waals surface area contributed by atoms with Gasteiger partial charge in [-0.1, -0.05) is 49.3 Å². The predicted molar refractivity (Wildman–Crippen MR) is 92.3 cm³/mol. The quantitative estimate of drug-likeness (QED) is 0.428. The van der Waals surface area contributed by atoms with Crippen LogP contribution in [0, 0.1) is 6.92 Å². The molecule has 0 fully saturated rings. The third kappa shape index (κ3) is 3.87. The summed E-state index contributed by atoms with van der Waals surface area (Å²) in [6.45, 7) is 6.23. The first-order valence-electron chi connectivity index (χ1n) is 7.61. The van der Waals surface area contributed by atoms with Gasteiger partial charge in [0.1, 0.15) is 10.6 Å². The van der Waals surface area contributed by atoms with Crippen LogP contribution in [0.2, 0.25) is 0 Å². The minimum Gasteiger partial charge on any atom is -0.464 e. The number of carbonyl (C=O) groups is 1. The summed E-state index contributed by atoms with van der Waals surface area (Å²) < 4.78 is 74.3. The number of rotatable bonds is 3. The highest BCUT2D eigenvalue weighted by molar-refractivity contribution is 8.45. The van der Waals surface area contributed by atoms with Crippen molar-refractivity contribution >= 4 is 16.2 Å². The van der Waals surface area contributed by atoms with Crippen LogP contribution in [0.4, 0.5) is 19.4 Å². The fraction of sp³-hybridized carbons (Fsp3) is 0.353. The van der Waals surface area contributed by atoms with Gasteiger partial charge in [-0.2, -0.15) is 0 Å². The van der Waals surface area contributed by atoms with Crippen LogP contribution in [0.5, 0.6) is 0 Å². The minimum absolute atomic E-state index is 0.137. The molecule has 1 aromatic carbocycles. The maximum Gasteiger partial charge on any atom is 0.355 e. The normalized spacial score (nSPS) is 15.3. The van der Waals surface area contributed by atoms with Crippen LogP contribution >= 0.6 is 10.2 Å². The van der Waals surface area contributed by atoms with Crippen LogP contribution in [0.3, 0.4) is 0 Å².